The van der Waals surface area contributed by atoms with Gasteiger partial charge in [0, 0.05) is 31.0 Å². The normalized spacial score (nSPS) is 11.3. The Morgan fingerprint density at radius 3 is 2.57 bits per heavy atom. The third-order valence-corrected chi connectivity index (χ3v) is 5.81. The summed E-state index contributed by atoms with van der Waals surface area (Å²) in [5, 5.41) is 2.90. The fourth-order valence-corrected chi connectivity index (χ4v) is 3.98. The first kappa shape index (κ1) is 21.6. The third kappa shape index (κ3) is 5.93. The Bertz CT molecular complexity index is 1080. The molecule has 1 heterocycles. The number of sulfonamides is 1. The van der Waals surface area contributed by atoms with Gasteiger partial charge in [0.2, 0.25) is 10.0 Å². The summed E-state index contributed by atoms with van der Waals surface area (Å²) in [5.41, 5.74) is 2.96. The van der Waals surface area contributed by atoms with Gasteiger partial charge in [0.15, 0.2) is 0 Å². The molecule has 0 aliphatic rings. The summed E-state index contributed by atoms with van der Waals surface area (Å²) in [6.07, 6.45) is 7.36. The number of imidazole rings is 1. The van der Waals surface area contributed by atoms with Crippen LogP contribution in [0.3, 0.4) is 0 Å². The predicted molar refractivity (Wildman–Crippen MR) is 118 cm³/mol. The van der Waals surface area contributed by atoms with E-state index in [1.54, 1.807) is 42.9 Å². The van der Waals surface area contributed by atoms with Gasteiger partial charge in [0.25, 0.3) is 5.91 Å². The Kier molecular flexibility index (Phi) is 6.89. The van der Waals surface area contributed by atoms with Crippen molar-refractivity contribution in [2.75, 3.05) is 17.1 Å². The van der Waals surface area contributed by atoms with Gasteiger partial charge in [0.1, 0.15) is 0 Å². The number of nitrogens with one attached hydrogen (secondary N) is 1. The second kappa shape index (κ2) is 9.58. The zero-order chi connectivity index (χ0) is 21.6. The molecule has 158 valence electrons. The molecule has 0 aliphatic carbocycles. The molecule has 0 bridgehead atoms. The molecule has 0 aliphatic heterocycles. The summed E-state index contributed by atoms with van der Waals surface area (Å²) in [4.78, 5) is 16.3. The van der Waals surface area contributed by atoms with E-state index < -0.39 is 10.0 Å². The second-order valence-electron chi connectivity index (χ2n) is 7.22. The van der Waals surface area contributed by atoms with Crippen molar-refractivity contribution in [3.63, 3.8) is 0 Å². The molecule has 1 aromatic heterocycles. The molecular formula is C22H26N4O3S. The third-order valence-electron chi connectivity index (χ3n) is 4.67. The Balaban J connectivity index is 1.60. The van der Waals surface area contributed by atoms with E-state index in [0.717, 1.165) is 24.1 Å². The number of aromatic nitrogens is 2. The van der Waals surface area contributed by atoms with Crippen molar-refractivity contribution in [1.29, 1.82) is 0 Å². The van der Waals surface area contributed by atoms with Crippen LogP contribution in [0, 0.1) is 6.92 Å². The maximum atomic E-state index is 12.3. The van der Waals surface area contributed by atoms with E-state index >= 15 is 0 Å². The van der Waals surface area contributed by atoms with Crippen LogP contribution in [-0.2, 0) is 23.1 Å². The summed E-state index contributed by atoms with van der Waals surface area (Å²) in [5.74, 6) is -0.147. The van der Waals surface area contributed by atoms with Crippen LogP contribution in [0.5, 0.6) is 0 Å². The van der Waals surface area contributed by atoms with Crippen LogP contribution in [0.25, 0.3) is 0 Å². The number of carbonyl (C=O) groups is 1. The number of amides is 1. The van der Waals surface area contributed by atoms with Gasteiger partial charge in [-0.1, -0.05) is 24.3 Å². The van der Waals surface area contributed by atoms with Crippen LogP contribution >= 0.6 is 0 Å². The number of anilines is 1. The minimum atomic E-state index is -3.45. The molecule has 2 aromatic carbocycles. The molecule has 0 saturated carbocycles. The van der Waals surface area contributed by atoms with Gasteiger partial charge in [-0.05, 0) is 48.7 Å². The molecule has 3 rings (SSSR count). The lowest BCUT2D eigenvalue weighted by Gasteiger charge is -2.23. The molecule has 0 saturated heterocycles. The highest BCUT2D eigenvalue weighted by Crippen LogP contribution is 2.22. The molecule has 30 heavy (non-hydrogen) atoms. The largest absolute Gasteiger partial charge is 0.352 e. The van der Waals surface area contributed by atoms with E-state index in [2.05, 4.69) is 10.3 Å². The van der Waals surface area contributed by atoms with Crippen molar-refractivity contribution >= 4 is 21.6 Å². The SMILES string of the molecule is Cc1cccc(N(Cc2ccc(C(=O)NCCCn3ccnc3)cc2)S(C)(=O)=O)c1. The molecule has 0 atom stereocenters. The number of hydrogen-bond acceptors (Lipinski definition) is 4. The number of carbonyl (C=O) groups excluding carboxylic acids is 1. The molecule has 0 spiro atoms. The lowest BCUT2D eigenvalue weighted by Crippen LogP contribution is -2.29. The van der Waals surface area contributed by atoms with Crippen molar-refractivity contribution < 1.29 is 13.2 Å². The molecule has 1 N–H and O–H groups in total. The number of nitrogens with zero attached hydrogens (tertiary/aromatic N) is 3. The topological polar surface area (TPSA) is 84.3 Å². The Hall–Kier alpha value is -3.13. The number of benzene rings is 2. The van der Waals surface area contributed by atoms with Crippen molar-refractivity contribution in [3.8, 4) is 0 Å². The number of rotatable bonds is 9. The molecule has 8 heteroatoms. The van der Waals surface area contributed by atoms with Crippen LogP contribution in [0.15, 0.2) is 67.3 Å². The Morgan fingerprint density at radius 1 is 1.17 bits per heavy atom. The van der Waals surface area contributed by atoms with Crippen LogP contribution in [-0.4, -0.2) is 36.7 Å². The van der Waals surface area contributed by atoms with Crippen molar-refractivity contribution in [2.24, 2.45) is 0 Å². The summed E-state index contributed by atoms with van der Waals surface area (Å²) in [6.45, 7) is 3.48. The van der Waals surface area contributed by atoms with Gasteiger partial charge in [-0.25, -0.2) is 13.4 Å². The zero-order valence-corrected chi connectivity index (χ0v) is 18.0. The minimum Gasteiger partial charge on any atom is -0.352 e. The fourth-order valence-electron chi connectivity index (χ4n) is 3.10. The highest BCUT2D eigenvalue weighted by molar-refractivity contribution is 7.92. The Morgan fingerprint density at radius 2 is 1.93 bits per heavy atom. The van der Waals surface area contributed by atoms with Gasteiger partial charge < -0.3 is 9.88 Å². The molecule has 0 radical (unpaired) electrons. The van der Waals surface area contributed by atoms with Crippen LogP contribution in [0.1, 0.15) is 27.9 Å². The maximum absolute atomic E-state index is 12.3. The smallest absolute Gasteiger partial charge is 0.251 e. The standard InChI is InChI=1S/C22H26N4O3S/c1-18-5-3-6-21(15-18)26(30(2,28)29)16-19-7-9-20(10-8-19)22(27)24-11-4-13-25-14-12-23-17-25/h3,5-10,12,14-15,17H,4,11,13,16H2,1-2H3,(H,24,27). The molecule has 0 unspecified atom stereocenters. The predicted octanol–water partition coefficient (Wildman–Crippen LogP) is 2.98. The van der Waals surface area contributed by atoms with Crippen molar-refractivity contribution in [1.82, 2.24) is 14.9 Å². The van der Waals surface area contributed by atoms with E-state index in [1.165, 1.54) is 10.6 Å². The van der Waals surface area contributed by atoms with E-state index in [4.69, 9.17) is 0 Å². The van der Waals surface area contributed by atoms with Gasteiger partial charge in [-0.3, -0.25) is 9.10 Å². The second-order valence-corrected chi connectivity index (χ2v) is 9.12. The van der Waals surface area contributed by atoms with Gasteiger partial charge in [-0.15, -0.1) is 0 Å². The van der Waals surface area contributed by atoms with Gasteiger partial charge in [0.05, 0.1) is 24.8 Å². The molecule has 1 amide bonds. The van der Waals surface area contributed by atoms with Gasteiger partial charge in [-0.2, -0.15) is 0 Å². The van der Waals surface area contributed by atoms with E-state index in [-0.39, 0.29) is 12.5 Å². The first-order valence-electron chi connectivity index (χ1n) is 9.70. The quantitative estimate of drug-likeness (QED) is 0.533. The van der Waals surface area contributed by atoms with E-state index in [0.29, 0.717) is 17.8 Å². The van der Waals surface area contributed by atoms with Crippen LogP contribution in [0.2, 0.25) is 0 Å². The highest BCUT2D eigenvalue weighted by Gasteiger charge is 2.18. The van der Waals surface area contributed by atoms with Gasteiger partial charge >= 0.3 is 0 Å². The average Bonchev–Trinajstić information content (AvgIpc) is 3.22. The molecule has 3 aromatic rings. The summed E-state index contributed by atoms with van der Waals surface area (Å²) in [7, 11) is -3.45. The van der Waals surface area contributed by atoms with Crippen molar-refractivity contribution in [3.05, 3.63) is 83.9 Å². The highest BCUT2D eigenvalue weighted by atomic mass is 32.2. The van der Waals surface area contributed by atoms with Crippen LogP contribution in [0.4, 0.5) is 5.69 Å². The van der Waals surface area contributed by atoms with Crippen LogP contribution < -0.4 is 9.62 Å². The lowest BCUT2D eigenvalue weighted by molar-refractivity contribution is 0.0952. The zero-order valence-electron chi connectivity index (χ0n) is 17.2. The lowest BCUT2D eigenvalue weighted by atomic mass is 10.1. The number of hydrogen-bond donors (Lipinski definition) is 1. The number of aryl methyl sites for hydroxylation is 2. The molecule has 0 fully saturated rings. The first-order valence-corrected chi connectivity index (χ1v) is 11.5. The average molecular weight is 427 g/mol. The summed E-state index contributed by atoms with van der Waals surface area (Å²) in [6, 6.07) is 14.4. The van der Waals surface area contributed by atoms with Crippen molar-refractivity contribution in [2.45, 2.75) is 26.4 Å². The van der Waals surface area contributed by atoms with E-state index in [1.807, 2.05) is 35.9 Å². The Labute approximate surface area is 177 Å². The monoisotopic (exact) mass is 426 g/mol. The fraction of sp³-hybridized carbons (Fsp3) is 0.273. The summed E-state index contributed by atoms with van der Waals surface area (Å²) >= 11 is 0. The molecule has 7 nitrogen and oxygen atoms in total. The first-order chi connectivity index (χ1) is 14.3. The van der Waals surface area contributed by atoms with E-state index in [9.17, 15) is 13.2 Å². The minimum absolute atomic E-state index is 0.147. The molecular weight excluding hydrogens is 400 g/mol. The summed E-state index contributed by atoms with van der Waals surface area (Å²) < 4.78 is 27.9. The maximum Gasteiger partial charge on any atom is 0.251 e.